The van der Waals surface area contributed by atoms with E-state index in [0.29, 0.717) is 19.4 Å². The van der Waals surface area contributed by atoms with Gasteiger partial charge in [0.25, 0.3) is 0 Å². The van der Waals surface area contributed by atoms with Gasteiger partial charge in [0.05, 0.1) is 6.04 Å². The minimum Gasteiger partial charge on any atom is -0.324 e. The number of imide groups is 1. The molecule has 0 aromatic carbocycles. The first-order chi connectivity index (χ1) is 6.38. The van der Waals surface area contributed by atoms with E-state index in [9.17, 15) is 9.59 Å². The topological polar surface area (TPSA) is 84.2 Å². The molecule has 2 amide bonds. The maximum Gasteiger partial charge on any atom is 0.243 e. The van der Waals surface area contributed by atoms with Crippen LogP contribution in [0.2, 0.25) is 0 Å². The molecule has 5 nitrogen and oxygen atoms in total. The standard InChI is InChI=1S/C9H17N3O2/c1-9(2,10)5-11-6-3-4-7(13)12-8(6)14/h6,11H,3-5,10H2,1-2H3,(H,12,13,14). The lowest BCUT2D eigenvalue weighted by molar-refractivity contribution is -0.134. The molecule has 4 N–H and O–H groups in total. The van der Waals surface area contributed by atoms with Gasteiger partial charge in [-0.15, -0.1) is 0 Å². The molecule has 0 aromatic rings. The summed E-state index contributed by atoms with van der Waals surface area (Å²) < 4.78 is 0. The summed E-state index contributed by atoms with van der Waals surface area (Å²) in [4.78, 5) is 22.1. The summed E-state index contributed by atoms with van der Waals surface area (Å²) in [5, 5.41) is 5.33. The van der Waals surface area contributed by atoms with Crippen molar-refractivity contribution in [2.45, 2.75) is 38.3 Å². The molecule has 1 unspecified atom stereocenters. The Morgan fingerprint density at radius 3 is 2.71 bits per heavy atom. The molecule has 80 valence electrons. The third-order valence-electron chi connectivity index (χ3n) is 2.04. The van der Waals surface area contributed by atoms with Gasteiger partial charge in [-0.3, -0.25) is 14.9 Å². The van der Waals surface area contributed by atoms with Gasteiger partial charge in [0, 0.05) is 18.5 Å². The Hall–Kier alpha value is -0.940. The molecule has 0 aromatic heterocycles. The van der Waals surface area contributed by atoms with Gasteiger partial charge in [-0.1, -0.05) is 0 Å². The van der Waals surface area contributed by atoms with E-state index in [1.807, 2.05) is 13.8 Å². The molecule has 1 aliphatic heterocycles. The quantitative estimate of drug-likeness (QED) is 0.515. The van der Waals surface area contributed by atoms with Gasteiger partial charge in [-0.25, -0.2) is 0 Å². The smallest absolute Gasteiger partial charge is 0.243 e. The fraction of sp³-hybridized carbons (Fsp3) is 0.778. The summed E-state index contributed by atoms with van der Waals surface area (Å²) in [6, 6.07) is -0.282. The van der Waals surface area contributed by atoms with E-state index in [1.165, 1.54) is 0 Å². The second-order valence-corrected chi connectivity index (χ2v) is 4.37. The molecule has 1 fully saturated rings. The number of hydrogen-bond donors (Lipinski definition) is 3. The Labute approximate surface area is 83.4 Å². The molecule has 1 rings (SSSR count). The van der Waals surface area contributed by atoms with E-state index < -0.39 is 0 Å². The van der Waals surface area contributed by atoms with Gasteiger partial charge in [0.2, 0.25) is 11.8 Å². The van der Waals surface area contributed by atoms with Crippen molar-refractivity contribution in [1.82, 2.24) is 10.6 Å². The van der Waals surface area contributed by atoms with E-state index in [2.05, 4.69) is 10.6 Å². The van der Waals surface area contributed by atoms with Crippen LogP contribution in [-0.4, -0.2) is 29.9 Å². The highest BCUT2D eigenvalue weighted by Crippen LogP contribution is 2.05. The van der Waals surface area contributed by atoms with Gasteiger partial charge in [-0.05, 0) is 20.3 Å². The molecule has 1 heterocycles. The molecule has 0 aliphatic carbocycles. The van der Waals surface area contributed by atoms with Crippen molar-refractivity contribution < 1.29 is 9.59 Å². The van der Waals surface area contributed by atoms with Crippen molar-refractivity contribution in [2.24, 2.45) is 5.73 Å². The van der Waals surface area contributed by atoms with E-state index in [1.54, 1.807) is 0 Å². The second kappa shape index (κ2) is 4.06. The van der Waals surface area contributed by atoms with Crippen LogP contribution in [0.15, 0.2) is 0 Å². The van der Waals surface area contributed by atoms with Crippen LogP contribution in [0, 0.1) is 0 Å². The van der Waals surface area contributed by atoms with Crippen molar-refractivity contribution in [3.63, 3.8) is 0 Å². The fourth-order valence-electron chi connectivity index (χ4n) is 1.27. The molecule has 0 saturated carbocycles. The SMILES string of the molecule is CC(C)(N)CNC1CCC(=O)NC1=O. The lowest BCUT2D eigenvalue weighted by atomic mass is 10.0. The summed E-state index contributed by atoms with van der Waals surface area (Å²) >= 11 is 0. The van der Waals surface area contributed by atoms with E-state index in [0.717, 1.165) is 0 Å². The molecule has 0 bridgehead atoms. The summed E-state index contributed by atoms with van der Waals surface area (Å²) in [5.41, 5.74) is 5.42. The Morgan fingerprint density at radius 1 is 1.57 bits per heavy atom. The second-order valence-electron chi connectivity index (χ2n) is 4.37. The summed E-state index contributed by atoms with van der Waals surface area (Å²) in [7, 11) is 0. The number of hydrogen-bond acceptors (Lipinski definition) is 4. The molecule has 0 spiro atoms. The van der Waals surface area contributed by atoms with E-state index >= 15 is 0 Å². The van der Waals surface area contributed by atoms with Gasteiger partial charge in [-0.2, -0.15) is 0 Å². The summed E-state index contributed by atoms with van der Waals surface area (Å²) in [6.45, 7) is 4.32. The molecule has 14 heavy (non-hydrogen) atoms. The normalized spacial score (nSPS) is 23.5. The number of carbonyl (C=O) groups excluding carboxylic acids is 2. The van der Waals surface area contributed by atoms with Crippen LogP contribution in [0.5, 0.6) is 0 Å². The number of nitrogens with two attached hydrogens (primary N) is 1. The summed E-state index contributed by atoms with van der Waals surface area (Å²) in [6.07, 6.45) is 0.954. The van der Waals surface area contributed by atoms with Crippen molar-refractivity contribution in [1.29, 1.82) is 0 Å². The maximum absolute atomic E-state index is 11.3. The first-order valence-electron chi connectivity index (χ1n) is 4.74. The Balaban J connectivity index is 2.39. The van der Waals surface area contributed by atoms with E-state index in [-0.39, 0.29) is 23.4 Å². The van der Waals surface area contributed by atoms with E-state index in [4.69, 9.17) is 5.73 Å². The number of rotatable bonds is 3. The Kier molecular flexibility index (Phi) is 3.23. The lowest BCUT2D eigenvalue weighted by Gasteiger charge is -2.26. The Morgan fingerprint density at radius 2 is 2.21 bits per heavy atom. The first-order valence-corrected chi connectivity index (χ1v) is 4.74. The summed E-state index contributed by atoms with van der Waals surface area (Å²) in [5.74, 6) is -0.439. The van der Waals surface area contributed by atoms with Crippen LogP contribution in [-0.2, 0) is 9.59 Å². The van der Waals surface area contributed by atoms with Crippen LogP contribution in [0.3, 0.4) is 0 Å². The van der Waals surface area contributed by atoms with Gasteiger partial charge < -0.3 is 11.1 Å². The zero-order valence-corrected chi connectivity index (χ0v) is 8.59. The molecule has 0 radical (unpaired) electrons. The molecule has 1 saturated heterocycles. The highest BCUT2D eigenvalue weighted by atomic mass is 16.2. The average Bonchev–Trinajstić information content (AvgIpc) is 2.00. The van der Waals surface area contributed by atoms with Crippen LogP contribution in [0.4, 0.5) is 0 Å². The highest BCUT2D eigenvalue weighted by molar-refractivity contribution is 6.00. The highest BCUT2D eigenvalue weighted by Gasteiger charge is 2.27. The molecule has 5 heteroatoms. The first kappa shape index (κ1) is 11.1. The Bertz CT molecular complexity index is 245. The number of carbonyl (C=O) groups is 2. The van der Waals surface area contributed by atoms with Crippen LogP contribution in [0.1, 0.15) is 26.7 Å². The van der Waals surface area contributed by atoms with Gasteiger partial charge in [0.1, 0.15) is 0 Å². The molecular formula is C9H17N3O2. The number of piperidine rings is 1. The zero-order valence-electron chi connectivity index (χ0n) is 8.59. The number of nitrogens with one attached hydrogen (secondary N) is 2. The third kappa shape index (κ3) is 3.43. The predicted molar refractivity (Wildman–Crippen MR) is 52.4 cm³/mol. The number of amides is 2. The molecule has 1 aliphatic rings. The van der Waals surface area contributed by atoms with Crippen LogP contribution in [0.25, 0.3) is 0 Å². The third-order valence-corrected chi connectivity index (χ3v) is 2.04. The van der Waals surface area contributed by atoms with Gasteiger partial charge in [0.15, 0.2) is 0 Å². The van der Waals surface area contributed by atoms with Crippen molar-refractivity contribution in [3.8, 4) is 0 Å². The zero-order chi connectivity index (χ0) is 10.8. The minimum absolute atomic E-state index is 0.194. The van der Waals surface area contributed by atoms with Crippen LogP contribution < -0.4 is 16.4 Å². The predicted octanol–water partition coefficient (Wildman–Crippen LogP) is -0.881. The van der Waals surface area contributed by atoms with Crippen molar-refractivity contribution in [3.05, 3.63) is 0 Å². The minimum atomic E-state index is -0.345. The maximum atomic E-state index is 11.3. The van der Waals surface area contributed by atoms with Gasteiger partial charge >= 0.3 is 0 Å². The van der Waals surface area contributed by atoms with Crippen molar-refractivity contribution >= 4 is 11.8 Å². The van der Waals surface area contributed by atoms with Crippen molar-refractivity contribution in [2.75, 3.05) is 6.54 Å². The molecule has 1 atom stereocenters. The molecular weight excluding hydrogens is 182 g/mol. The van der Waals surface area contributed by atoms with Crippen LogP contribution >= 0.6 is 0 Å². The lowest BCUT2D eigenvalue weighted by Crippen LogP contribution is -2.55. The fourth-order valence-corrected chi connectivity index (χ4v) is 1.27. The largest absolute Gasteiger partial charge is 0.324 e. The monoisotopic (exact) mass is 199 g/mol. The average molecular weight is 199 g/mol.